The van der Waals surface area contributed by atoms with Crippen molar-refractivity contribution in [3.63, 3.8) is 0 Å². The number of hydrogen-bond donors (Lipinski definition) is 1. The third-order valence-electron chi connectivity index (χ3n) is 5.33. The van der Waals surface area contributed by atoms with E-state index < -0.39 is 0 Å². The van der Waals surface area contributed by atoms with Gasteiger partial charge in [-0.1, -0.05) is 24.3 Å². The summed E-state index contributed by atoms with van der Waals surface area (Å²) in [5.41, 5.74) is 3.23. The van der Waals surface area contributed by atoms with Crippen molar-refractivity contribution in [2.75, 3.05) is 19.6 Å². The molecule has 3 heteroatoms. The van der Waals surface area contributed by atoms with E-state index in [0.717, 1.165) is 51.9 Å². The van der Waals surface area contributed by atoms with Gasteiger partial charge in [-0.2, -0.15) is 0 Å². The highest BCUT2D eigenvalue weighted by atomic mass is 16.2. The highest BCUT2D eigenvalue weighted by Gasteiger charge is 2.42. The van der Waals surface area contributed by atoms with Crippen molar-refractivity contribution in [3.8, 4) is 0 Å². The van der Waals surface area contributed by atoms with Gasteiger partial charge in [-0.15, -0.1) is 0 Å². The van der Waals surface area contributed by atoms with Crippen molar-refractivity contribution < 1.29 is 4.79 Å². The van der Waals surface area contributed by atoms with E-state index in [2.05, 4.69) is 34.5 Å². The number of nitrogens with zero attached hydrogens (tertiary/aromatic N) is 1. The molecule has 1 saturated carbocycles. The number of fused-ring (bicyclic) bond motifs is 2. The minimum atomic E-state index is 0.259. The highest BCUT2D eigenvalue weighted by molar-refractivity contribution is 5.81. The summed E-state index contributed by atoms with van der Waals surface area (Å²) in [6, 6.07) is 8.83. The van der Waals surface area contributed by atoms with Crippen LogP contribution in [-0.2, 0) is 16.8 Å². The van der Waals surface area contributed by atoms with E-state index in [-0.39, 0.29) is 5.41 Å². The molecular weight excluding hydrogens is 248 g/mol. The third kappa shape index (κ3) is 1.96. The van der Waals surface area contributed by atoms with Crippen LogP contribution in [0.1, 0.15) is 36.8 Å². The van der Waals surface area contributed by atoms with Crippen molar-refractivity contribution >= 4 is 5.91 Å². The molecule has 1 spiro atoms. The molecule has 0 aromatic heterocycles. The van der Waals surface area contributed by atoms with Gasteiger partial charge >= 0.3 is 0 Å². The molecule has 1 N–H and O–H groups in total. The first kappa shape index (κ1) is 12.4. The Balaban J connectivity index is 1.54. The lowest BCUT2D eigenvalue weighted by Gasteiger charge is -2.45. The van der Waals surface area contributed by atoms with Gasteiger partial charge in [0.25, 0.3) is 0 Å². The first-order valence-electron chi connectivity index (χ1n) is 7.86. The van der Waals surface area contributed by atoms with E-state index in [1.807, 2.05) is 0 Å². The Hall–Kier alpha value is -1.35. The Bertz CT molecular complexity index is 528. The molecule has 106 valence electrons. The van der Waals surface area contributed by atoms with E-state index in [9.17, 15) is 4.79 Å². The zero-order chi connectivity index (χ0) is 13.6. The molecule has 1 aliphatic carbocycles. The predicted molar refractivity (Wildman–Crippen MR) is 78.4 cm³/mol. The standard InChI is InChI=1S/C17H22N2O/c20-16(13-5-6-13)19-9-7-17(8-10-19)12-18-11-14-3-1-2-4-15(14)17/h1-4,13,18H,5-12H2. The Morgan fingerprint density at radius 1 is 1.20 bits per heavy atom. The van der Waals surface area contributed by atoms with Crippen LogP contribution >= 0.6 is 0 Å². The molecule has 3 aliphatic rings. The number of amides is 1. The maximum atomic E-state index is 12.2. The Labute approximate surface area is 120 Å². The number of carbonyl (C=O) groups excluding carboxylic acids is 1. The van der Waals surface area contributed by atoms with Crippen LogP contribution in [0.3, 0.4) is 0 Å². The Morgan fingerprint density at radius 2 is 1.95 bits per heavy atom. The van der Waals surface area contributed by atoms with E-state index in [4.69, 9.17) is 0 Å². The number of hydrogen-bond acceptors (Lipinski definition) is 2. The van der Waals surface area contributed by atoms with Crippen LogP contribution in [0.15, 0.2) is 24.3 Å². The zero-order valence-corrected chi connectivity index (χ0v) is 11.9. The van der Waals surface area contributed by atoms with Crippen LogP contribution in [0.2, 0.25) is 0 Å². The van der Waals surface area contributed by atoms with Crippen molar-refractivity contribution in [2.24, 2.45) is 5.92 Å². The maximum Gasteiger partial charge on any atom is 0.225 e. The highest BCUT2D eigenvalue weighted by Crippen LogP contribution is 2.40. The Morgan fingerprint density at radius 3 is 2.70 bits per heavy atom. The van der Waals surface area contributed by atoms with Crippen LogP contribution in [0.4, 0.5) is 0 Å². The zero-order valence-electron chi connectivity index (χ0n) is 11.9. The number of rotatable bonds is 1. The molecule has 0 unspecified atom stereocenters. The normalized spacial score (nSPS) is 24.5. The molecule has 1 aromatic carbocycles. The fraction of sp³-hybridized carbons (Fsp3) is 0.588. The molecule has 1 amide bonds. The van der Waals surface area contributed by atoms with E-state index in [1.165, 1.54) is 11.1 Å². The van der Waals surface area contributed by atoms with Crippen molar-refractivity contribution in [3.05, 3.63) is 35.4 Å². The lowest BCUT2D eigenvalue weighted by molar-refractivity contribution is -0.134. The largest absolute Gasteiger partial charge is 0.342 e. The number of likely N-dealkylation sites (tertiary alicyclic amines) is 1. The van der Waals surface area contributed by atoms with Crippen LogP contribution in [-0.4, -0.2) is 30.4 Å². The average Bonchev–Trinajstić information content (AvgIpc) is 3.33. The minimum Gasteiger partial charge on any atom is -0.342 e. The quantitative estimate of drug-likeness (QED) is 0.847. The number of carbonyl (C=O) groups is 1. The Kier molecular flexibility index (Phi) is 2.84. The summed E-state index contributed by atoms with van der Waals surface area (Å²) in [7, 11) is 0. The predicted octanol–water partition coefficient (Wildman–Crippen LogP) is 2.06. The third-order valence-corrected chi connectivity index (χ3v) is 5.33. The monoisotopic (exact) mass is 270 g/mol. The van der Waals surface area contributed by atoms with Gasteiger partial charge in [0.05, 0.1) is 0 Å². The summed E-state index contributed by atoms with van der Waals surface area (Å²) in [6.07, 6.45) is 4.45. The van der Waals surface area contributed by atoms with Gasteiger partial charge < -0.3 is 10.2 Å². The second-order valence-electron chi connectivity index (χ2n) is 6.64. The van der Waals surface area contributed by atoms with Crippen LogP contribution < -0.4 is 5.32 Å². The number of nitrogens with one attached hydrogen (secondary N) is 1. The summed E-state index contributed by atoms with van der Waals surface area (Å²) in [5.74, 6) is 0.776. The summed E-state index contributed by atoms with van der Waals surface area (Å²) in [6.45, 7) is 3.93. The summed E-state index contributed by atoms with van der Waals surface area (Å²) >= 11 is 0. The molecule has 0 bridgehead atoms. The summed E-state index contributed by atoms with van der Waals surface area (Å²) in [4.78, 5) is 14.3. The van der Waals surface area contributed by atoms with Gasteiger partial charge in [-0.05, 0) is 36.8 Å². The second kappa shape index (κ2) is 4.59. The topological polar surface area (TPSA) is 32.3 Å². The minimum absolute atomic E-state index is 0.259. The number of benzene rings is 1. The first-order valence-corrected chi connectivity index (χ1v) is 7.86. The molecule has 0 atom stereocenters. The molecule has 2 fully saturated rings. The lowest BCUT2D eigenvalue weighted by atomic mass is 9.69. The summed E-state index contributed by atoms with van der Waals surface area (Å²) in [5, 5.41) is 3.58. The van der Waals surface area contributed by atoms with Gasteiger partial charge in [0.2, 0.25) is 5.91 Å². The van der Waals surface area contributed by atoms with Gasteiger partial charge in [0.1, 0.15) is 0 Å². The molecule has 3 nitrogen and oxygen atoms in total. The first-order chi connectivity index (χ1) is 9.78. The fourth-order valence-corrected chi connectivity index (χ4v) is 3.91. The number of piperidine rings is 1. The second-order valence-corrected chi connectivity index (χ2v) is 6.64. The van der Waals surface area contributed by atoms with Crippen LogP contribution in [0.5, 0.6) is 0 Å². The van der Waals surface area contributed by atoms with Gasteiger partial charge in [0, 0.05) is 37.5 Å². The van der Waals surface area contributed by atoms with Crippen molar-refractivity contribution in [2.45, 2.75) is 37.6 Å². The molecular formula is C17H22N2O. The molecule has 1 saturated heterocycles. The van der Waals surface area contributed by atoms with Crippen LogP contribution in [0.25, 0.3) is 0 Å². The molecule has 1 aromatic rings. The maximum absolute atomic E-state index is 12.2. The average molecular weight is 270 g/mol. The van der Waals surface area contributed by atoms with Crippen LogP contribution in [0, 0.1) is 5.92 Å². The smallest absolute Gasteiger partial charge is 0.225 e. The summed E-state index contributed by atoms with van der Waals surface area (Å²) < 4.78 is 0. The molecule has 2 aliphatic heterocycles. The molecule has 2 heterocycles. The molecule has 4 rings (SSSR count). The molecule has 0 radical (unpaired) electrons. The SMILES string of the molecule is O=C(C1CC1)N1CCC2(CC1)CNCc1ccccc12. The van der Waals surface area contributed by atoms with E-state index in [0.29, 0.717) is 11.8 Å². The van der Waals surface area contributed by atoms with Crippen molar-refractivity contribution in [1.82, 2.24) is 10.2 Å². The molecule has 20 heavy (non-hydrogen) atoms. The van der Waals surface area contributed by atoms with E-state index >= 15 is 0 Å². The van der Waals surface area contributed by atoms with Gasteiger partial charge in [-0.3, -0.25) is 4.79 Å². The lowest BCUT2D eigenvalue weighted by Crippen LogP contribution is -2.52. The fourth-order valence-electron chi connectivity index (χ4n) is 3.91. The van der Waals surface area contributed by atoms with Crippen molar-refractivity contribution in [1.29, 1.82) is 0 Å². The van der Waals surface area contributed by atoms with Gasteiger partial charge in [0.15, 0.2) is 0 Å². The van der Waals surface area contributed by atoms with Gasteiger partial charge in [-0.25, -0.2) is 0 Å². The van der Waals surface area contributed by atoms with E-state index in [1.54, 1.807) is 0 Å².